The van der Waals surface area contributed by atoms with Crippen LogP contribution in [0.2, 0.25) is 0 Å². The first-order chi connectivity index (χ1) is 9.74. The molecule has 0 unspecified atom stereocenters. The number of carbonyl (C=O) groups is 1. The minimum absolute atomic E-state index is 0.0486. The van der Waals surface area contributed by atoms with E-state index in [4.69, 9.17) is 0 Å². The van der Waals surface area contributed by atoms with E-state index in [0.717, 1.165) is 6.26 Å². The number of nitrogens with one attached hydrogen (secondary N) is 2. The van der Waals surface area contributed by atoms with Crippen molar-refractivity contribution in [2.45, 2.75) is 0 Å². The van der Waals surface area contributed by atoms with Crippen LogP contribution in [0.15, 0.2) is 30.6 Å². The Morgan fingerprint density at radius 2 is 2.05 bits per heavy atom. The molecular formula is C12H14N4O4S. The van der Waals surface area contributed by atoms with Crippen LogP contribution in [-0.2, 0) is 17.1 Å². The molecule has 8 nitrogen and oxygen atoms in total. The minimum Gasteiger partial charge on any atom is -0.507 e. The SMILES string of the molecule is Cn1cc(NC(=O)c2cc(NS(C)(=O)=O)ccc2O)cn1. The first-order valence-electron chi connectivity index (χ1n) is 5.85. The van der Waals surface area contributed by atoms with Gasteiger partial charge in [-0.15, -0.1) is 0 Å². The second-order valence-electron chi connectivity index (χ2n) is 4.46. The molecule has 1 aromatic heterocycles. The van der Waals surface area contributed by atoms with Crippen LogP contribution in [0, 0.1) is 0 Å². The average molecular weight is 310 g/mol. The molecule has 9 heteroatoms. The normalized spacial score (nSPS) is 11.1. The largest absolute Gasteiger partial charge is 0.507 e. The first kappa shape index (κ1) is 14.9. The Balaban J connectivity index is 2.25. The fourth-order valence-corrected chi connectivity index (χ4v) is 2.23. The number of aryl methyl sites for hydroxylation is 1. The number of carbonyl (C=O) groups excluding carboxylic acids is 1. The molecule has 0 aliphatic heterocycles. The number of hydrogen-bond donors (Lipinski definition) is 3. The Morgan fingerprint density at radius 1 is 1.33 bits per heavy atom. The fourth-order valence-electron chi connectivity index (χ4n) is 1.68. The lowest BCUT2D eigenvalue weighted by atomic mass is 10.1. The lowest BCUT2D eigenvalue weighted by Crippen LogP contribution is -2.14. The molecule has 0 bridgehead atoms. The average Bonchev–Trinajstić information content (AvgIpc) is 2.75. The van der Waals surface area contributed by atoms with Crippen molar-refractivity contribution in [2.24, 2.45) is 7.05 Å². The summed E-state index contributed by atoms with van der Waals surface area (Å²) in [6, 6.07) is 3.85. The third-order valence-electron chi connectivity index (χ3n) is 2.51. The standard InChI is InChI=1S/C12H14N4O4S/c1-16-7-9(6-13-16)14-12(18)10-5-8(3-4-11(10)17)15-21(2,19)20/h3-7,15,17H,1-2H3,(H,14,18). The molecule has 0 radical (unpaired) electrons. The predicted octanol–water partition coefficient (Wildman–Crippen LogP) is 0.749. The van der Waals surface area contributed by atoms with E-state index in [2.05, 4.69) is 15.1 Å². The molecule has 3 N–H and O–H groups in total. The molecule has 0 fully saturated rings. The molecule has 1 aromatic carbocycles. The van der Waals surface area contributed by atoms with Crippen LogP contribution < -0.4 is 10.0 Å². The first-order valence-corrected chi connectivity index (χ1v) is 7.74. The van der Waals surface area contributed by atoms with Crippen molar-refractivity contribution in [1.82, 2.24) is 9.78 Å². The van der Waals surface area contributed by atoms with Gasteiger partial charge in [-0.05, 0) is 18.2 Å². The Morgan fingerprint density at radius 3 is 2.62 bits per heavy atom. The molecule has 2 rings (SSSR count). The van der Waals surface area contributed by atoms with E-state index < -0.39 is 15.9 Å². The van der Waals surface area contributed by atoms with E-state index in [9.17, 15) is 18.3 Å². The summed E-state index contributed by atoms with van der Waals surface area (Å²) in [5, 5.41) is 16.2. The van der Waals surface area contributed by atoms with Crippen LogP contribution in [0.5, 0.6) is 5.75 Å². The summed E-state index contributed by atoms with van der Waals surface area (Å²) in [7, 11) is -1.77. The highest BCUT2D eigenvalue weighted by molar-refractivity contribution is 7.92. The summed E-state index contributed by atoms with van der Waals surface area (Å²) >= 11 is 0. The van der Waals surface area contributed by atoms with Gasteiger partial charge in [-0.25, -0.2) is 8.42 Å². The number of sulfonamides is 1. The number of anilines is 2. The highest BCUT2D eigenvalue weighted by Crippen LogP contribution is 2.23. The van der Waals surface area contributed by atoms with E-state index in [1.807, 2.05) is 0 Å². The van der Waals surface area contributed by atoms with Crippen LogP contribution in [0.3, 0.4) is 0 Å². The van der Waals surface area contributed by atoms with Crippen molar-refractivity contribution >= 4 is 27.3 Å². The molecule has 1 heterocycles. The van der Waals surface area contributed by atoms with Gasteiger partial charge in [0.25, 0.3) is 5.91 Å². The zero-order valence-electron chi connectivity index (χ0n) is 11.4. The number of nitrogens with zero attached hydrogens (tertiary/aromatic N) is 2. The number of benzene rings is 1. The third kappa shape index (κ3) is 3.96. The van der Waals surface area contributed by atoms with E-state index >= 15 is 0 Å². The maximum Gasteiger partial charge on any atom is 0.259 e. The van der Waals surface area contributed by atoms with Crippen LogP contribution in [-0.4, -0.2) is 35.5 Å². The van der Waals surface area contributed by atoms with Crippen LogP contribution >= 0.6 is 0 Å². The Bertz CT molecular complexity index is 782. The van der Waals surface area contributed by atoms with Crippen LogP contribution in [0.4, 0.5) is 11.4 Å². The number of aromatic nitrogens is 2. The zero-order chi connectivity index (χ0) is 15.6. The Hall–Kier alpha value is -2.55. The van der Waals surface area contributed by atoms with E-state index in [0.29, 0.717) is 5.69 Å². The van der Waals surface area contributed by atoms with Gasteiger partial charge in [0.15, 0.2) is 0 Å². The zero-order valence-corrected chi connectivity index (χ0v) is 12.2. The molecule has 0 aliphatic rings. The molecule has 0 spiro atoms. The lowest BCUT2D eigenvalue weighted by Gasteiger charge is -2.08. The van der Waals surface area contributed by atoms with Crippen molar-refractivity contribution in [3.05, 3.63) is 36.2 Å². The lowest BCUT2D eigenvalue weighted by molar-refractivity contribution is 0.102. The van der Waals surface area contributed by atoms with Gasteiger partial charge in [-0.3, -0.25) is 14.2 Å². The quantitative estimate of drug-likeness (QED) is 0.721. The molecule has 112 valence electrons. The van der Waals surface area contributed by atoms with Gasteiger partial charge in [0.1, 0.15) is 5.75 Å². The molecule has 0 aliphatic carbocycles. The number of rotatable bonds is 4. The van der Waals surface area contributed by atoms with Gasteiger partial charge in [-0.2, -0.15) is 5.10 Å². The monoisotopic (exact) mass is 310 g/mol. The molecule has 0 atom stereocenters. The van der Waals surface area contributed by atoms with Crippen molar-refractivity contribution in [1.29, 1.82) is 0 Å². The van der Waals surface area contributed by atoms with Gasteiger partial charge in [0.2, 0.25) is 10.0 Å². The van der Waals surface area contributed by atoms with Gasteiger partial charge in [0.05, 0.1) is 23.7 Å². The summed E-state index contributed by atoms with van der Waals surface area (Å²) in [5.41, 5.74) is 0.600. The summed E-state index contributed by atoms with van der Waals surface area (Å²) in [6.45, 7) is 0. The number of phenols is 1. The highest BCUT2D eigenvalue weighted by atomic mass is 32.2. The van der Waals surface area contributed by atoms with E-state index in [1.54, 1.807) is 13.2 Å². The second-order valence-corrected chi connectivity index (χ2v) is 6.21. The van der Waals surface area contributed by atoms with Crippen LogP contribution in [0.1, 0.15) is 10.4 Å². The van der Waals surface area contributed by atoms with Gasteiger partial charge in [-0.1, -0.05) is 0 Å². The topological polar surface area (TPSA) is 113 Å². The van der Waals surface area contributed by atoms with Crippen molar-refractivity contribution in [3.63, 3.8) is 0 Å². The maximum absolute atomic E-state index is 12.1. The van der Waals surface area contributed by atoms with Crippen molar-refractivity contribution in [3.8, 4) is 5.75 Å². The summed E-state index contributed by atoms with van der Waals surface area (Å²) in [5.74, 6) is -0.826. The number of hydrogen-bond acceptors (Lipinski definition) is 5. The van der Waals surface area contributed by atoms with Crippen molar-refractivity contribution < 1.29 is 18.3 Å². The summed E-state index contributed by atoms with van der Waals surface area (Å²) < 4.78 is 26.1. The minimum atomic E-state index is -3.46. The molecule has 0 saturated heterocycles. The second kappa shape index (κ2) is 5.44. The highest BCUT2D eigenvalue weighted by Gasteiger charge is 2.14. The summed E-state index contributed by atoms with van der Waals surface area (Å²) in [6.07, 6.45) is 4.04. The Labute approximate surface area is 121 Å². The number of aromatic hydroxyl groups is 1. The third-order valence-corrected chi connectivity index (χ3v) is 3.11. The summed E-state index contributed by atoms with van der Waals surface area (Å²) in [4.78, 5) is 12.1. The van der Waals surface area contributed by atoms with Crippen molar-refractivity contribution in [2.75, 3.05) is 16.3 Å². The molecule has 0 saturated carbocycles. The van der Waals surface area contributed by atoms with Crippen LogP contribution in [0.25, 0.3) is 0 Å². The molecular weight excluding hydrogens is 296 g/mol. The van der Waals surface area contributed by atoms with E-state index in [1.165, 1.54) is 29.1 Å². The van der Waals surface area contributed by atoms with Gasteiger partial charge in [0, 0.05) is 18.9 Å². The van der Waals surface area contributed by atoms with E-state index in [-0.39, 0.29) is 17.0 Å². The fraction of sp³-hybridized carbons (Fsp3) is 0.167. The molecule has 2 aromatic rings. The predicted molar refractivity (Wildman–Crippen MR) is 77.7 cm³/mol. The smallest absolute Gasteiger partial charge is 0.259 e. The molecule has 1 amide bonds. The maximum atomic E-state index is 12.1. The number of phenolic OH excluding ortho intramolecular Hbond substituents is 1. The van der Waals surface area contributed by atoms with Gasteiger partial charge < -0.3 is 10.4 Å². The van der Waals surface area contributed by atoms with Gasteiger partial charge >= 0.3 is 0 Å². The molecule has 21 heavy (non-hydrogen) atoms. The Kier molecular flexibility index (Phi) is 3.85. The number of amides is 1.